The third kappa shape index (κ3) is 72.4. The molecule has 3 N–H and O–H groups in total. The van der Waals surface area contributed by atoms with Crippen molar-refractivity contribution in [1.82, 2.24) is 0 Å². The zero-order chi connectivity index (χ0) is 71.9. The van der Waals surface area contributed by atoms with E-state index < -0.39 is 97.5 Å². The molecule has 0 saturated heterocycles. The first-order valence-electron chi connectivity index (χ1n) is 41.1. The number of esters is 4. The van der Waals surface area contributed by atoms with Gasteiger partial charge in [-0.1, -0.05) is 369 Å². The highest BCUT2D eigenvalue weighted by molar-refractivity contribution is 7.47. The molecule has 2 unspecified atom stereocenters. The Kier molecular flexibility index (Phi) is 70.6. The second kappa shape index (κ2) is 72.0. The molecule has 0 bridgehead atoms. The Labute approximate surface area is 600 Å². The Morgan fingerprint density at radius 1 is 0.276 bits per heavy atom. The molecule has 17 nitrogen and oxygen atoms in total. The van der Waals surface area contributed by atoms with Crippen LogP contribution in [0.4, 0.5) is 0 Å². The lowest BCUT2D eigenvalue weighted by Crippen LogP contribution is -2.30. The molecular weight excluding hydrogens is 1280 g/mol. The van der Waals surface area contributed by atoms with Crippen molar-refractivity contribution in [1.29, 1.82) is 0 Å². The van der Waals surface area contributed by atoms with Crippen molar-refractivity contribution in [2.45, 2.75) is 438 Å². The predicted octanol–water partition coefficient (Wildman–Crippen LogP) is 23.6. The fourth-order valence-electron chi connectivity index (χ4n) is 12.2. The molecule has 0 radical (unpaired) electrons. The summed E-state index contributed by atoms with van der Waals surface area (Å²) in [6.07, 6.45) is 62.3. The third-order valence-corrected chi connectivity index (χ3v) is 20.4. The highest BCUT2D eigenvalue weighted by Crippen LogP contribution is 2.45. The van der Waals surface area contributed by atoms with E-state index in [9.17, 15) is 43.2 Å². The molecular formula is C79H154O17P2. The van der Waals surface area contributed by atoms with Crippen LogP contribution in [0.2, 0.25) is 0 Å². The van der Waals surface area contributed by atoms with Gasteiger partial charge < -0.3 is 33.8 Å². The second-order valence-corrected chi connectivity index (χ2v) is 31.8. The monoisotopic (exact) mass is 1440 g/mol. The molecule has 0 aliphatic carbocycles. The molecule has 0 saturated carbocycles. The largest absolute Gasteiger partial charge is 0.472 e. The van der Waals surface area contributed by atoms with Gasteiger partial charge in [-0.25, -0.2) is 9.13 Å². The predicted molar refractivity (Wildman–Crippen MR) is 400 cm³/mol. The van der Waals surface area contributed by atoms with E-state index in [0.717, 1.165) is 95.8 Å². The molecule has 0 heterocycles. The molecule has 0 aromatic heterocycles. The van der Waals surface area contributed by atoms with Crippen molar-refractivity contribution in [3.63, 3.8) is 0 Å². The number of rotatable bonds is 79. The number of hydrogen-bond donors (Lipinski definition) is 3. The van der Waals surface area contributed by atoms with Crippen LogP contribution in [0.15, 0.2) is 0 Å². The van der Waals surface area contributed by atoms with Crippen LogP contribution in [-0.2, 0) is 65.4 Å². The summed E-state index contributed by atoms with van der Waals surface area (Å²) in [5.74, 6) is -1.36. The first-order valence-corrected chi connectivity index (χ1v) is 44.1. The number of aliphatic hydroxyl groups excluding tert-OH is 1. The van der Waals surface area contributed by atoms with E-state index in [1.54, 1.807) is 0 Å². The zero-order valence-electron chi connectivity index (χ0n) is 63.9. The average molecular weight is 1440 g/mol. The zero-order valence-corrected chi connectivity index (χ0v) is 65.7. The lowest BCUT2D eigenvalue weighted by Gasteiger charge is -2.21. The molecule has 98 heavy (non-hydrogen) atoms. The second-order valence-electron chi connectivity index (χ2n) is 28.9. The van der Waals surface area contributed by atoms with E-state index in [4.69, 9.17) is 37.0 Å². The molecule has 582 valence electrons. The minimum atomic E-state index is -4.96. The Hall–Kier alpha value is -1.94. The summed E-state index contributed by atoms with van der Waals surface area (Å²) in [7, 11) is -9.92. The van der Waals surface area contributed by atoms with Crippen LogP contribution in [0.5, 0.6) is 0 Å². The number of unbranched alkanes of at least 4 members (excludes halogenated alkanes) is 51. The van der Waals surface area contributed by atoms with Crippen LogP contribution in [0.1, 0.15) is 420 Å². The first-order chi connectivity index (χ1) is 47.5. The smallest absolute Gasteiger partial charge is 0.462 e. The van der Waals surface area contributed by atoms with Crippen LogP contribution in [0.3, 0.4) is 0 Å². The van der Waals surface area contributed by atoms with E-state index in [-0.39, 0.29) is 25.7 Å². The van der Waals surface area contributed by atoms with Crippen LogP contribution in [0, 0.1) is 5.92 Å². The Balaban J connectivity index is 5.26. The van der Waals surface area contributed by atoms with E-state index in [1.165, 1.54) is 244 Å². The molecule has 0 aliphatic rings. The number of aliphatic hydroxyl groups is 1. The summed E-state index contributed by atoms with van der Waals surface area (Å²) < 4.78 is 68.7. The molecule has 5 atom stereocenters. The van der Waals surface area contributed by atoms with Gasteiger partial charge in [-0.05, 0) is 31.6 Å². The van der Waals surface area contributed by atoms with Crippen molar-refractivity contribution >= 4 is 39.5 Å². The van der Waals surface area contributed by atoms with Gasteiger partial charge in [0.15, 0.2) is 12.2 Å². The van der Waals surface area contributed by atoms with Gasteiger partial charge in [0.1, 0.15) is 19.3 Å². The van der Waals surface area contributed by atoms with Gasteiger partial charge in [0, 0.05) is 25.7 Å². The summed E-state index contributed by atoms with van der Waals surface area (Å²) in [6, 6.07) is 0. The minimum Gasteiger partial charge on any atom is -0.462 e. The van der Waals surface area contributed by atoms with Gasteiger partial charge in [-0.15, -0.1) is 0 Å². The molecule has 19 heteroatoms. The summed E-state index contributed by atoms with van der Waals surface area (Å²) >= 11 is 0. The lowest BCUT2D eigenvalue weighted by atomic mass is 10.0. The van der Waals surface area contributed by atoms with Crippen molar-refractivity contribution in [3.05, 3.63) is 0 Å². The summed E-state index contributed by atoms with van der Waals surface area (Å²) in [4.78, 5) is 73.0. The Morgan fingerprint density at radius 3 is 0.694 bits per heavy atom. The van der Waals surface area contributed by atoms with Crippen molar-refractivity contribution in [2.75, 3.05) is 39.6 Å². The van der Waals surface area contributed by atoms with Gasteiger partial charge in [0.25, 0.3) is 0 Å². The third-order valence-electron chi connectivity index (χ3n) is 18.5. The van der Waals surface area contributed by atoms with Crippen LogP contribution in [-0.4, -0.2) is 96.7 Å². The van der Waals surface area contributed by atoms with Gasteiger partial charge in [0.2, 0.25) is 0 Å². The van der Waals surface area contributed by atoms with Gasteiger partial charge in [0.05, 0.1) is 26.4 Å². The minimum absolute atomic E-state index is 0.108. The normalized spacial score (nSPS) is 13.9. The highest BCUT2D eigenvalue weighted by atomic mass is 31.2. The lowest BCUT2D eigenvalue weighted by molar-refractivity contribution is -0.161. The maximum atomic E-state index is 13.1. The van der Waals surface area contributed by atoms with Crippen molar-refractivity contribution in [2.24, 2.45) is 5.92 Å². The fourth-order valence-corrected chi connectivity index (χ4v) is 13.8. The van der Waals surface area contributed by atoms with Crippen LogP contribution < -0.4 is 0 Å². The number of ether oxygens (including phenoxy) is 4. The first kappa shape index (κ1) is 96.1. The summed E-state index contributed by atoms with van der Waals surface area (Å²) in [5, 5.41) is 10.6. The van der Waals surface area contributed by atoms with E-state index in [1.807, 2.05) is 0 Å². The number of hydrogen-bond acceptors (Lipinski definition) is 15. The van der Waals surface area contributed by atoms with Gasteiger partial charge in [-0.2, -0.15) is 0 Å². The summed E-state index contributed by atoms with van der Waals surface area (Å²) in [5.41, 5.74) is 0. The molecule has 0 amide bonds. The average Bonchev–Trinajstić information content (AvgIpc) is 1.09. The standard InChI is InChI=1S/C79H154O17P2/c1-6-9-12-15-18-21-24-27-30-31-33-36-39-44-50-55-60-65-79(84)95-74(68-89-76(81)62-57-52-47-42-37-35-32-28-25-22-19-16-13-10-7-2)70-93-97(85,86)91-66-73(80)67-92-98(87,88)94-71-75(69-90-77(82)63-58-53-48-45-40-41-46-51-56-61-72(4)5)96-78(83)64-59-54-49-43-38-34-29-26-23-20-17-14-11-8-3/h72-75,80H,6-71H2,1-5H3,(H,85,86)(H,87,88)/t73-,74-,75-/m1/s1. The number of carbonyl (C=O) groups is 4. The Morgan fingerprint density at radius 2 is 0.469 bits per heavy atom. The number of phosphoric ester groups is 2. The number of carbonyl (C=O) groups excluding carboxylic acids is 4. The highest BCUT2D eigenvalue weighted by Gasteiger charge is 2.30. The summed E-state index contributed by atoms with van der Waals surface area (Å²) in [6.45, 7) is 7.31. The molecule has 0 aromatic rings. The fraction of sp³-hybridized carbons (Fsp3) is 0.949. The Bertz CT molecular complexity index is 1870. The SMILES string of the molecule is CCCCCCCCCCCCCCCCCCCC(=O)O[C@H](COC(=O)CCCCCCCCCCCCCCCCC)COP(=O)(O)OC[C@@H](O)COP(=O)(O)OC[C@@H](COC(=O)CCCCCCCCCCCC(C)C)OC(=O)CCCCCCCCCCCCCCCC. The molecule has 0 aromatic carbocycles. The molecule has 0 spiro atoms. The van der Waals surface area contributed by atoms with E-state index in [2.05, 4.69) is 34.6 Å². The van der Waals surface area contributed by atoms with Crippen molar-refractivity contribution < 1.29 is 80.2 Å². The maximum Gasteiger partial charge on any atom is 0.472 e. The maximum absolute atomic E-state index is 13.1. The number of phosphoric acid groups is 2. The van der Waals surface area contributed by atoms with E-state index in [0.29, 0.717) is 25.7 Å². The van der Waals surface area contributed by atoms with Gasteiger partial charge in [-0.3, -0.25) is 37.3 Å². The van der Waals surface area contributed by atoms with E-state index >= 15 is 0 Å². The quantitative estimate of drug-likeness (QED) is 0.0222. The molecule has 0 aliphatic heterocycles. The molecule has 0 fully saturated rings. The van der Waals surface area contributed by atoms with Gasteiger partial charge >= 0.3 is 39.5 Å². The molecule has 0 rings (SSSR count). The van der Waals surface area contributed by atoms with Crippen molar-refractivity contribution in [3.8, 4) is 0 Å². The van der Waals surface area contributed by atoms with Crippen LogP contribution in [0.25, 0.3) is 0 Å². The topological polar surface area (TPSA) is 237 Å². The van der Waals surface area contributed by atoms with Crippen LogP contribution >= 0.6 is 15.6 Å².